The number of rotatable bonds is 4. The molecule has 0 amide bonds. The molecule has 4 unspecified atom stereocenters. The summed E-state index contributed by atoms with van der Waals surface area (Å²) in [5.74, 6) is 3.39. The molecule has 3 N–H and O–H groups in total. The number of nitrogens with two attached hydrogens (primary N) is 1. The Balaban J connectivity index is 1.59. The molecule has 4 nitrogen and oxygen atoms in total. The number of anilines is 2. The maximum Gasteiger partial charge on any atom is 0.174 e. The minimum absolute atomic E-state index is 0.0260. The lowest BCUT2D eigenvalue weighted by molar-refractivity contribution is 0.0993. The predicted octanol–water partition coefficient (Wildman–Crippen LogP) is 3.25. The highest BCUT2D eigenvalue weighted by Crippen LogP contribution is 2.66. The highest BCUT2D eigenvalue weighted by molar-refractivity contribution is 7.19. The van der Waals surface area contributed by atoms with E-state index in [-0.39, 0.29) is 5.78 Å². The standard InChI is InChI=1S/C16H19N3OS/c1-2-10(20)15-13(18)9(6-17)16(21-15)19-14-11-7-3-4-8(5-7)12(11)14/h7-8,11-12,14,19H,2-5,18H2,1H3. The van der Waals surface area contributed by atoms with Crippen molar-refractivity contribution in [1.29, 1.82) is 5.26 Å². The van der Waals surface area contributed by atoms with Gasteiger partial charge in [0, 0.05) is 12.5 Å². The van der Waals surface area contributed by atoms with Crippen LogP contribution in [0.15, 0.2) is 0 Å². The first-order valence-corrected chi connectivity index (χ1v) is 8.59. The van der Waals surface area contributed by atoms with Crippen molar-refractivity contribution in [2.75, 3.05) is 11.1 Å². The van der Waals surface area contributed by atoms with E-state index in [0.717, 1.165) is 28.7 Å². The molecule has 3 aliphatic rings. The van der Waals surface area contributed by atoms with Gasteiger partial charge in [0.15, 0.2) is 5.78 Å². The van der Waals surface area contributed by atoms with Crippen molar-refractivity contribution in [2.45, 2.75) is 38.6 Å². The van der Waals surface area contributed by atoms with Crippen LogP contribution in [-0.4, -0.2) is 11.8 Å². The highest BCUT2D eigenvalue weighted by atomic mass is 32.1. The van der Waals surface area contributed by atoms with Crippen LogP contribution in [0.4, 0.5) is 10.7 Å². The molecule has 0 spiro atoms. The van der Waals surface area contributed by atoms with E-state index in [1.165, 1.54) is 30.6 Å². The summed E-state index contributed by atoms with van der Waals surface area (Å²) < 4.78 is 0. The van der Waals surface area contributed by atoms with Crippen LogP contribution in [-0.2, 0) is 0 Å². The third-order valence-electron chi connectivity index (χ3n) is 5.66. The Morgan fingerprint density at radius 3 is 2.67 bits per heavy atom. The molecule has 3 saturated carbocycles. The first-order valence-electron chi connectivity index (χ1n) is 7.77. The second-order valence-electron chi connectivity index (χ2n) is 6.60. The molecule has 0 aliphatic heterocycles. The van der Waals surface area contributed by atoms with Gasteiger partial charge < -0.3 is 11.1 Å². The number of hydrogen-bond acceptors (Lipinski definition) is 5. The second-order valence-corrected chi connectivity index (χ2v) is 7.62. The van der Waals surface area contributed by atoms with Crippen molar-refractivity contribution < 1.29 is 4.79 Å². The fourth-order valence-electron chi connectivity index (χ4n) is 4.69. The largest absolute Gasteiger partial charge is 0.396 e. The lowest BCUT2D eigenvalue weighted by atomic mass is 10.0. The maximum absolute atomic E-state index is 11.9. The average Bonchev–Trinajstić information content (AvgIpc) is 2.82. The number of ketones is 1. The first kappa shape index (κ1) is 13.1. The molecule has 1 heterocycles. The van der Waals surface area contributed by atoms with Gasteiger partial charge in [0.1, 0.15) is 16.6 Å². The van der Waals surface area contributed by atoms with Gasteiger partial charge in [-0.1, -0.05) is 6.92 Å². The van der Waals surface area contributed by atoms with Gasteiger partial charge in [0.25, 0.3) is 0 Å². The smallest absolute Gasteiger partial charge is 0.174 e. The van der Waals surface area contributed by atoms with Gasteiger partial charge in [-0.3, -0.25) is 4.79 Å². The Morgan fingerprint density at radius 1 is 1.43 bits per heavy atom. The van der Waals surface area contributed by atoms with E-state index in [1.54, 1.807) is 0 Å². The number of thiophene rings is 1. The van der Waals surface area contributed by atoms with Crippen LogP contribution in [0.25, 0.3) is 0 Å². The Morgan fingerprint density at radius 2 is 2.10 bits per heavy atom. The fourth-order valence-corrected chi connectivity index (χ4v) is 5.82. The molecule has 3 fully saturated rings. The van der Waals surface area contributed by atoms with Crippen molar-refractivity contribution in [3.63, 3.8) is 0 Å². The molecule has 4 rings (SSSR count). The zero-order chi connectivity index (χ0) is 14.7. The van der Waals surface area contributed by atoms with Crippen LogP contribution < -0.4 is 11.1 Å². The molecule has 110 valence electrons. The van der Waals surface area contributed by atoms with E-state index in [2.05, 4.69) is 11.4 Å². The molecule has 21 heavy (non-hydrogen) atoms. The molecule has 3 aliphatic carbocycles. The summed E-state index contributed by atoms with van der Waals surface area (Å²) in [7, 11) is 0. The first-order chi connectivity index (χ1) is 10.2. The van der Waals surface area contributed by atoms with Crippen LogP contribution in [0.1, 0.15) is 47.8 Å². The quantitative estimate of drug-likeness (QED) is 0.837. The van der Waals surface area contributed by atoms with E-state index in [0.29, 0.717) is 28.6 Å². The SMILES string of the molecule is CCC(=O)c1sc(NC2C3C4CCC(C4)C23)c(C#N)c1N. The van der Waals surface area contributed by atoms with Crippen LogP contribution in [0, 0.1) is 35.0 Å². The van der Waals surface area contributed by atoms with E-state index in [9.17, 15) is 10.1 Å². The van der Waals surface area contributed by atoms with Gasteiger partial charge >= 0.3 is 0 Å². The number of fused-ring (bicyclic) bond motifs is 5. The molecule has 1 aromatic rings. The Bertz CT molecular complexity index is 643. The Kier molecular flexibility index (Phi) is 2.80. The third-order valence-corrected chi connectivity index (χ3v) is 6.84. The predicted molar refractivity (Wildman–Crippen MR) is 83.3 cm³/mol. The van der Waals surface area contributed by atoms with Crippen molar-refractivity contribution in [1.82, 2.24) is 0 Å². The topological polar surface area (TPSA) is 78.9 Å². The minimum Gasteiger partial charge on any atom is -0.396 e. The molecule has 0 saturated heterocycles. The number of nitrogens with zero attached hydrogens (tertiary/aromatic N) is 1. The summed E-state index contributed by atoms with van der Waals surface area (Å²) in [6, 6.07) is 2.68. The molecule has 1 aromatic heterocycles. The molecule has 5 heteroatoms. The monoisotopic (exact) mass is 301 g/mol. The molecule has 4 atom stereocenters. The van der Waals surface area contributed by atoms with Gasteiger partial charge in [0.2, 0.25) is 0 Å². The second kappa shape index (κ2) is 4.48. The van der Waals surface area contributed by atoms with Gasteiger partial charge in [0.05, 0.1) is 10.6 Å². The lowest BCUT2D eigenvalue weighted by Crippen LogP contribution is -2.12. The average molecular weight is 301 g/mol. The van der Waals surface area contributed by atoms with Crippen molar-refractivity contribution in [3.05, 3.63) is 10.4 Å². The molecule has 0 radical (unpaired) electrons. The van der Waals surface area contributed by atoms with Gasteiger partial charge in [-0.25, -0.2) is 0 Å². The number of hydrogen-bond donors (Lipinski definition) is 2. The zero-order valence-corrected chi connectivity index (χ0v) is 12.9. The number of carbonyl (C=O) groups is 1. The maximum atomic E-state index is 11.9. The zero-order valence-electron chi connectivity index (χ0n) is 12.1. The number of nitriles is 1. The number of nitrogens with one attached hydrogen (secondary N) is 1. The fraction of sp³-hybridized carbons (Fsp3) is 0.625. The number of Topliss-reactive ketones (excluding diaryl/α,β-unsaturated/α-hetero) is 1. The molecular weight excluding hydrogens is 282 g/mol. The van der Waals surface area contributed by atoms with Gasteiger partial charge in [-0.2, -0.15) is 5.26 Å². The summed E-state index contributed by atoms with van der Waals surface area (Å²) in [6.45, 7) is 1.82. The van der Waals surface area contributed by atoms with E-state index in [4.69, 9.17) is 5.73 Å². The summed E-state index contributed by atoms with van der Waals surface area (Å²) in [6.07, 6.45) is 4.58. The normalized spacial score (nSPS) is 35.3. The Hall–Kier alpha value is -1.54. The molecule has 2 bridgehead atoms. The minimum atomic E-state index is 0.0260. The van der Waals surface area contributed by atoms with Crippen molar-refractivity contribution >= 4 is 27.8 Å². The third kappa shape index (κ3) is 1.75. The van der Waals surface area contributed by atoms with Gasteiger partial charge in [-0.15, -0.1) is 11.3 Å². The van der Waals surface area contributed by atoms with E-state index >= 15 is 0 Å². The highest BCUT2D eigenvalue weighted by Gasteiger charge is 2.65. The summed E-state index contributed by atoms with van der Waals surface area (Å²) in [5, 5.41) is 13.7. The Labute approximate surface area is 128 Å². The van der Waals surface area contributed by atoms with Crippen LogP contribution >= 0.6 is 11.3 Å². The van der Waals surface area contributed by atoms with E-state index < -0.39 is 0 Å². The van der Waals surface area contributed by atoms with Crippen molar-refractivity contribution in [3.8, 4) is 6.07 Å². The van der Waals surface area contributed by atoms with Crippen LogP contribution in [0.5, 0.6) is 0 Å². The summed E-state index contributed by atoms with van der Waals surface area (Å²) >= 11 is 1.37. The lowest BCUT2D eigenvalue weighted by Gasteiger charge is -2.10. The van der Waals surface area contributed by atoms with E-state index in [1.807, 2.05) is 6.92 Å². The van der Waals surface area contributed by atoms with Crippen molar-refractivity contribution in [2.24, 2.45) is 23.7 Å². The number of nitrogen functional groups attached to an aromatic ring is 1. The van der Waals surface area contributed by atoms with Crippen LogP contribution in [0.3, 0.4) is 0 Å². The number of carbonyl (C=O) groups excluding carboxylic acids is 1. The van der Waals surface area contributed by atoms with Crippen LogP contribution in [0.2, 0.25) is 0 Å². The summed E-state index contributed by atoms with van der Waals surface area (Å²) in [5.41, 5.74) is 6.83. The van der Waals surface area contributed by atoms with Gasteiger partial charge in [-0.05, 0) is 42.9 Å². The summed E-state index contributed by atoms with van der Waals surface area (Å²) in [4.78, 5) is 12.5. The molecular formula is C16H19N3OS. The molecule has 0 aromatic carbocycles.